The highest BCUT2D eigenvalue weighted by Crippen LogP contribution is 2.24. The van der Waals surface area contributed by atoms with E-state index in [1.807, 2.05) is 12.1 Å². The van der Waals surface area contributed by atoms with Crippen LogP contribution in [0.2, 0.25) is 0 Å². The normalized spacial score (nSPS) is 15.3. The molecule has 0 aromatic heterocycles. The SMILES string of the molecule is CCCCC(CC)CNC(=O)c1cccc2c1CCCC2. The Kier molecular flexibility index (Phi) is 6.28. The standard InChI is InChI=1S/C19H29NO/c1-3-5-9-15(4-2)14-20-19(21)18-13-8-11-16-10-6-7-12-17(16)18/h8,11,13,15H,3-7,9-10,12,14H2,1-2H3,(H,20,21). The Morgan fingerprint density at radius 2 is 2.05 bits per heavy atom. The molecule has 1 unspecified atom stereocenters. The lowest BCUT2D eigenvalue weighted by Gasteiger charge is -2.20. The van der Waals surface area contributed by atoms with E-state index in [-0.39, 0.29) is 5.91 Å². The van der Waals surface area contributed by atoms with E-state index in [1.165, 1.54) is 43.2 Å². The molecule has 0 saturated heterocycles. The molecule has 1 amide bonds. The third kappa shape index (κ3) is 4.33. The summed E-state index contributed by atoms with van der Waals surface area (Å²) in [5.41, 5.74) is 3.59. The number of hydrogen-bond acceptors (Lipinski definition) is 1. The molecule has 2 heteroatoms. The van der Waals surface area contributed by atoms with Crippen LogP contribution in [0.25, 0.3) is 0 Å². The minimum Gasteiger partial charge on any atom is -0.352 e. The molecule has 0 aliphatic heterocycles. The summed E-state index contributed by atoms with van der Waals surface area (Å²) in [5.74, 6) is 0.747. The number of carbonyl (C=O) groups is 1. The number of fused-ring (bicyclic) bond motifs is 1. The summed E-state index contributed by atoms with van der Waals surface area (Å²) in [5, 5.41) is 3.17. The van der Waals surface area contributed by atoms with Crippen LogP contribution in [0.5, 0.6) is 0 Å². The maximum absolute atomic E-state index is 12.5. The van der Waals surface area contributed by atoms with Gasteiger partial charge >= 0.3 is 0 Å². The molecule has 1 aliphatic rings. The Hall–Kier alpha value is -1.31. The third-order valence-electron chi connectivity index (χ3n) is 4.74. The van der Waals surface area contributed by atoms with Gasteiger partial charge in [-0.05, 0) is 55.2 Å². The van der Waals surface area contributed by atoms with Gasteiger partial charge in [0.25, 0.3) is 5.91 Å². The molecule has 0 saturated carbocycles. The summed E-state index contributed by atoms with van der Waals surface area (Å²) in [4.78, 5) is 12.5. The number of unbranched alkanes of at least 4 members (excludes halogenated alkanes) is 1. The van der Waals surface area contributed by atoms with E-state index in [0.717, 1.165) is 31.4 Å². The lowest BCUT2D eigenvalue weighted by molar-refractivity contribution is 0.0944. The highest BCUT2D eigenvalue weighted by molar-refractivity contribution is 5.96. The highest BCUT2D eigenvalue weighted by Gasteiger charge is 2.18. The average Bonchev–Trinajstić information content (AvgIpc) is 2.54. The second-order valence-electron chi connectivity index (χ2n) is 6.28. The molecule has 116 valence electrons. The van der Waals surface area contributed by atoms with Crippen molar-refractivity contribution in [2.45, 2.75) is 65.2 Å². The zero-order valence-corrected chi connectivity index (χ0v) is 13.6. The molecule has 1 aromatic rings. The average molecular weight is 287 g/mol. The van der Waals surface area contributed by atoms with Crippen molar-refractivity contribution < 1.29 is 4.79 Å². The van der Waals surface area contributed by atoms with Crippen molar-refractivity contribution in [2.24, 2.45) is 5.92 Å². The van der Waals surface area contributed by atoms with Gasteiger partial charge in [-0.3, -0.25) is 4.79 Å². The van der Waals surface area contributed by atoms with E-state index >= 15 is 0 Å². The summed E-state index contributed by atoms with van der Waals surface area (Å²) in [7, 11) is 0. The molecule has 1 atom stereocenters. The lowest BCUT2D eigenvalue weighted by atomic mass is 9.88. The van der Waals surface area contributed by atoms with Crippen LogP contribution in [0.4, 0.5) is 0 Å². The van der Waals surface area contributed by atoms with E-state index in [2.05, 4.69) is 25.2 Å². The van der Waals surface area contributed by atoms with Crippen molar-refractivity contribution in [3.8, 4) is 0 Å². The van der Waals surface area contributed by atoms with Gasteiger partial charge in [0.2, 0.25) is 0 Å². The summed E-state index contributed by atoms with van der Waals surface area (Å²) >= 11 is 0. The summed E-state index contributed by atoms with van der Waals surface area (Å²) in [6.07, 6.45) is 9.52. The summed E-state index contributed by atoms with van der Waals surface area (Å²) in [6, 6.07) is 6.21. The number of benzene rings is 1. The number of nitrogens with one attached hydrogen (secondary N) is 1. The fourth-order valence-corrected chi connectivity index (χ4v) is 3.27. The van der Waals surface area contributed by atoms with Crippen LogP contribution >= 0.6 is 0 Å². The van der Waals surface area contributed by atoms with Gasteiger partial charge in [0.15, 0.2) is 0 Å². The van der Waals surface area contributed by atoms with Crippen molar-refractivity contribution in [3.05, 3.63) is 34.9 Å². The number of amides is 1. The van der Waals surface area contributed by atoms with E-state index in [9.17, 15) is 4.79 Å². The van der Waals surface area contributed by atoms with E-state index in [4.69, 9.17) is 0 Å². The van der Waals surface area contributed by atoms with E-state index in [0.29, 0.717) is 5.92 Å². The maximum Gasteiger partial charge on any atom is 0.251 e. The van der Waals surface area contributed by atoms with Gasteiger partial charge in [-0.1, -0.05) is 45.2 Å². The Morgan fingerprint density at radius 1 is 1.24 bits per heavy atom. The molecule has 21 heavy (non-hydrogen) atoms. The topological polar surface area (TPSA) is 29.1 Å². The number of hydrogen-bond donors (Lipinski definition) is 1. The van der Waals surface area contributed by atoms with Gasteiger partial charge in [-0.25, -0.2) is 0 Å². The lowest BCUT2D eigenvalue weighted by Crippen LogP contribution is -2.30. The molecule has 2 nitrogen and oxygen atoms in total. The predicted octanol–water partition coefficient (Wildman–Crippen LogP) is 4.51. The molecule has 1 N–H and O–H groups in total. The smallest absolute Gasteiger partial charge is 0.251 e. The number of rotatable bonds is 7. The van der Waals surface area contributed by atoms with Crippen LogP contribution in [0.3, 0.4) is 0 Å². The Labute approximate surface area is 129 Å². The van der Waals surface area contributed by atoms with Crippen LogP contribution in [-0.4, -0.2) is 12.5 Å². The maximum atomic E-state index is 12.5. The zero-order chi connectivity index (χ0) is 15.1. The molecule has 0 fully saturated rings. The van der Waals surface area contributed by atoms with Crippen LogP contribution in [0.15, 0.2) is 18.2 Å². The van der Waals surface area contributed by atoms with Crippen molar-refractivity contribution in [1.29, 1.82) is 0 Å². The first-order valence-corrected chi connectivity index (χ1v) is 8.65. The van der Waals surface area contributed by atoms with E-state index in [1.54, 1.807) is 0 Å². The fourth-order valence-electron chi connectivity index (χ4n) is 3.27. The van der Waals surface area contributed by atoms with Crippen molar-refractivity contribution in [1.82, 2.24) is 5.32 Å². The summed E-state index contributed by atoms with van der Waals surface area (Å²) in [6.45, 7) is 5.26. The van der Waals surface area contributed by atoms with Gasteiger partial charge in [0, 0.05) is 12.1 Å². The number of carbonyl (C=O) groups excluding carboxylic acids is 1. The first kappa shape index (κ1) is 16.1. The molecule has 0 heterocycles. The molecular formula is C19H29NO. The molecule has 1 aliphatic carbocycles. The third-order valence-corrected chi connectivity index (χ3v) is 4.74. The van der Waals surface area contributed by atoms with Crippen molar-refractivity contribution in [2.75, 3.05) is 6.54 Å². The van der Waals surface area contributed by atoms with Crippen molar-refractivity contribution in [3.63, 3.8) is 0 Å². The predicted molar refractivity (Wildman–Crippen MR) is 88.7 cm³/mol. The van der Waals surface area contributed by atoms with Crippen LogP contribution < -0.4 is 5.32 Å². The molecule has 1 aromatic carbocycles. The van der Waals surface area contributed by atoms with Gasteiger partial charge in [-0.15, -0.1) is 0 Å². The zero-order valence-electron chi connectivity index (χ0n) is 13.6. The molecule has 0 spiro atoms. The second-order valence-corrected chi connectivity index (χ2v) is 6.28. The molecule has 0 bridgehead atoms. The minimum absolute atomic E-state index is 0.128. The van der Waals surface area contributed by atoms with Crippen LogP contribution in [-0.2, 0) is 12.8 Å². The van der Waals surface area contributed by atoms with E-state index < -0.39 is 0 Å². The van der Waals surface area contributed by atoms with Crippen LogP contribution in [0, 0.1) is 5.92 Å². The molecular weight excluding hydrogens is 258 g/mol. The quantitative estimate of drug-likeness (QED) is 0.785. The van der Waals surface area contributed by atoms with Crippen molar-refractivity contribution >= 4 is 5.91 Å². The molecule has 2 rings (SSSR count). The van der Waals surface area contributed by atoms with Gasteiger partial charge in [0.05, 0.1) is 0 Å². The van der Waals surface area contributed by atoms with Gasteiger partial charge < -0.3 is 5.32 Å². The Bertz CT molecular complexity index is 467. The summed E-state index contributed by atoms with van der Waals surface area (Å²) < 4.78 is 0. The number of aryl methyl sites for hydroxylation is 1. The highest BCUT2D eigenvalue weighted by atomic mass is 16.1. The Balaban J connectivity index is 1.97. The first-order valence-electron chi connectivity index (χ1n) is 8.65. The van der Waals surface area contributed by atoms with Gasteiger partial charge in [0.1, 0.15) is 0 Å². The fraction of sp³-hybridized carbons (Fsp3) is 0.632. The van der Waals surface area contributed by atoms with Gasteiger partial charge in [-0.2, -0.15) is 0 Å². The minimum atomic E-state index is 0.128. The molecule has 0 radical (unpaired) electrons. The Morgan fingerprint density at radius 3 is 2.81 bits per heavy atom. The monoisotopic (exact) mass is 287 g/mol. The first-order chi connectivity index (χ1) is 10.3. The van der Waals surface area contributed by atoms with Crippen LogP contribution in [0.1, 0.15) is 73.9 Å². The largest absolute Gasteiger partial charge is 0.352 e. The second kappa shape index (κ2) is 8.21.